The largest absolute Gasteiger partial charge is 0.361 e. The topological polar surface area (TPSA) is 59.6 Å². The van der Waals surface area contributed by atoms with Crippen molar-refractivity contribution in [1.29, 1.82) is 10.5 Å². The third-order valence-electron chi connectivity index (χ3n) is 3.55. The summed E-state index contributed by atoms with van der Waals surface area (Å²) in [6.07, 6.45) is 1.69. The minimum Gasteiger partial charge on any atom is -0.361 e. The Bertz CT molecular complexity index is 800. The highest BCUT2D eigenvalue weighted by Gasteiger charge is 2.26. The minimum absolute atomic E-state index is 0.389. The van der Waals surface area contributed by atoms with E-state index in [4.69, 9.17) is 34.8 Å². The lowest BCUT2D eigenvalue weighted by Crippen LogP contribution is -2.23. The summed E-state index contributed by atoms with van der Waals surface area (Å²) in [5, 5.41) is 23.1. The molecule has 1 aromatic carbocycles. The average molecular weight is 365 g/mol. The van der Waals surface area contributed by atoms with E-state index in [1.54, 1.807) is 38.1 Å². The monoisotopic (exact) mass is 363 g/mol. The summed E-state index contributed by atoms with van der Waals surface area (Å²) >= 11 is 18.3. The van der Waals surface area contributed by atoms with Gasteiger partial charge >= 0.3 is 0 Å². The third-order valence-corrected chi connectivity index (χ3v) is 4.64. The molecule has 1 N–H and O–H groups in total. The molecule has 0 aliphatic carbocycles. The number of benzene rings is 1. The van der Waals surface area contributed by atoms with Gasteiger partial charge in [-0.05, 0) is 31.5 Å². The first-order valence-electron chi connectivity index (χ1n) is 6.70. The number of allylic oxidation sites excluding steroid dienone is 5. The molecule has 0 aromatic heterocycles. The lowest BCUT2D eigenvalue weighted by Gasteiger charge is -2.24. The zero-order chi connectivity index (χ0) is 17.1. The number of hydrogen-bond acceptors (Lipinski definition) is 3. The number of nitrogens with zero attached hydrogens (tertiary/aromatic N) is 2. The highest BCUT2D eigenvalue weighted by atomic mass is 35.5. The number of nitriles is 2. The van der Waals surface area contributed by atoms with Gasteiger partial charge in [0.15, 0.2) is 0 Å². The zero-order valence-electron chi connectivity index (χ0n) is 12.4. The molecule has 0 spiro atoms. The summed E-state index contributed by atoms with van der Waals surface area (Å²) in [4.78, 5) is 0. The van der Waals surface area contributed by atoms with Gasteiger partial charge in [0.25, 0.3) is 0 Å². The van der Waals surface area contributed by atoms with Crippen molar-refractivity contribution in [3.05, 3.63) is 62.4 Å². The number of dihydropyridines is 1. The number of halogens is 3. The van der Waals surface area contributed by atoms with E-state index in [0.29, 0.717) is 43.2 Å². The van der Waals surface area contributed by atoms with Crippen LogP contribution in [0.5, 0.6) is 0 Å². The van der Waals surface area contributed by atoms with Crippen LogP contribution in [0.3, 0.4) is 0 Å². The first-order valence-corrected chi connectivity index (χ1v) is 7.84. The standard InChI is InChI=1S/C17H12Cl3N3/c1-9-13(7-21)12(14(8-22)10(2)23-9)6-16(19)11-3-4-15(18)17(20)5-11/h3-6,12,23H,1-2H3/b16-6-. The summed E-state index contributed by atoms with van der Waals surface area (Å²) in [7, 11) is 0. The van der Waals surface area contributed by atoms with Gasteiger partial charge in [0.05, 0.1) is 39.2 Å². The van der Waals surface area contributed by atoms with Gasteiger partial charge < -0.3 is 5.32 Å². The van der Waals surface area contributed by atoms with Crippen LogP contribution in [0, 0.1) is 28.6 Å². The van der Waals surface area contributed by atoms with Crippen LogP contribution in [0.25, 0.3) is 5.03 Å². The minimum atomic E-state index is -0.492. The van der Waals surface area contributed by atoms with Gasteiger partial charge in [0.1, 0.15) is 0 Å². The van der Waals surface area contributed by atoms with Crippen molar-refractivity contribution in [2.24, 2.45) is 5.92 Å². The highest BCUT2D eigenvalue weighted by Crippen LogP contribution is 2.34. The van der Waals surface area contributed by atoms with Gasteiger partial charge in [0, 0.05) is 16.4 Å². The maximum absolute atomic E-state index is 9.40. The van der Waals surface area contributed by atoms with Crippen molar-refractivity contribution < 1.29 is 0 Å². The maximum Gasteiger partial charge on any atom is 0.0975 e. The molecule has 1 heterocycles. The van der Waals surface area contributed by atoms with Gasteiger partial charge in [-0.25, -0.2) is 0 Å². The molecule has 2 rings (SSSR count). The molecule has 1 aliphatic heterocycles. The average Bonchev–Trinajstić information content (AvgIpc) is 2.50. The fourth-order valence-corrected chi connectivity index (χ4v) is 2.93. The van der Waals surface area contributed by atoms with Gasteiger partial charge in [-0.1, -0.05) is 46.9 Å². The van der Waals surface area contributed by atoms with E-state index in [1.165, 1.54) is 0 Å². The predicted octanol–water partition coefficient (Wildman–Crippen LogP) is 5.39. The molecule has 0 saturated carbocycles. The van der Waals surface area contributed by atoms with Gasteiger partial charge in [-0.3, -0.25) is 0 Å². The van der Waals surface area contributed by atoms with Crippen LogP contribution in [0.15, 0.2) is 46.8 Å². The summed E-state index contributed by atoms with van der Waals surface area (Å²) < 4.78 is 0. The van der Waals surface area contributed by atoms with Crippen molar-refractivity contribution in [3.8, 4) is 12.1 Å². The van der Waals surface area contributed by atoms with Crippen LogP contribution in [0.1, 0.15) is 19.4 Å². The van der Waals surface area contributed by atoms with Crippen LogP contribution in [0.4, 0.5) is 0 Å². The molecular formula is C17H12Cl3N3. The molecule has 0 bridgehead atoms. The van der Waals surface area contributed by atoms with E-state index < -0.39 is 5.92 Å². The van der Waals surface area contributed by atoms with E-state index in [2.05, 4.69) is 17.5 Å². The molecule has 0 amide bonds. The fraction of sp³-hybridized carbons (Fsp3) is 0.176. The zero-order valence-corrected chi connectivity index (χ0v) is 14.7. The molecule has 116 valence electrons. The highest BCUT2D eigenvalue weighted by molar-refractivity contribution is 6.49. The van der Waals surface area contributed by atoms with Gasteiger partial charge in [-0.15, -0.1) is 0 Å². The summed E-state index contributed by atoms with van der Waals surface area (Å²) in [5.74, 6) is -0.492. The van der Waals surface area contributed by atoms with Gasteiger partial charge in [0.2, 0.25) is 0 Å². The Hall–Kier alpha value is -1.91. The smallest absolute Gasteiger partial charge is 0.0975 e. The molecule has 6 heteroatoms. The molecule has 0 radical (unpaired) electrons. The van der Waals surface area contributed by atoms with Crippen molar-refractivity contribution in [3.63, 3.8) is 0 Å². The van der Waals surface area contributed by atoms with Crippen molar-refractivity contribution in [1.82, 2.24) is 5.32 Å². The van der Waals surface area contributed by atoms with E-state index in [9.17, 15) is 10.5 Å². The van der Waals surface area contributed by atoms with Crippen LogP contribution >= 0.6 is 34.8 Å². The number of rotatable bonds is 2. The SMILES string of the molecule is CC1=C(C#N)C(/C=C(\Cl)c2ccc(Cl)c(Cl)c2)C(C#N)=C(C)N1. The molecule has 0 unspecified atom stereocenters. The quantitative estimate of drug-likeness (QED) is 0.765. The second kappa shape index (κ2) is 7.11. The molecule has 1 aromatic rings. The lowest BCUT2D eigenvalue weighted by molar-refractivity contribution is 0.799. The second-order valence-electron chi connectivity index (χ2n) is 5.05. The van der Waals surface area contributed by atoms with Crippen LogP contribution in [0.2, 0.25) is 10.0 Å². The van der Waals surface area contributed by atoms with Crippen LogP contribution < -0.4 is 5.32 Å². The maximum atomic E-state index is 9.40. The summed E-state index contributed by atoms with van der Waals surface area (Å²) in [6, 6.07) is 9.33. The third kappa shape index (κ3) is 3.54. The summed E-state index contributed by atoms with van der Waals surface area (Å²) in [6.45, 7) is 3.59. The molecule has 0 saturated heterocycles. The van der Waals surface area contributed by atoms with E-state index in [1.807, 2.05) is 0 Å². The Morgan fingerprint density at radius 1 is 1.09 bits per heavy atom. The first kappa shape index (κ1) is 17.4. The van der Waals surface area contributed by atoms with Crippen LogP contribution in [-0.4, -0.2) is 0 Å². The molecule has 23 heavy (non-hydrogen) atoms. The van der Waals surface area contributed by atoms with Crippen molar-refractivity contribution in [2.45, 2.75) is 13.8 Å². The Morgan fingerprint density at radius 3 is 2.13 bits per heavy atom. The normalized spacial score (nSPS) is 16.0. The fourth-order valence-electron chi connectivity index (χ4n) is 2.39. The first-order chi connectivity index (χ1) is 10.9. The molecule has 0 fully saturated rings. The van der Waals surface area contributed by atoms with Gasteiger partial charge in [-0.2, -0.15) is 10.5 Å². The molecule has 1 aliphatic rings. The van der Waals surface area contributed by atoms with Crippen molar-refractivity contribution >= 4 is 39.8 Å². The Balaban J connectivity index is 2.53. The van der Waals surface area contributed by atoms with E-state index in [0.717, 1.165) is 0 Å². The summed E-state index contributed by atoms with van der Waals surface area (Å²) in [5.41, 5.74) is 3.02. The predicted molar refractivity (Wildman–Crippen MR) is 93.5 cm³/mol. The molecule has 0 atom stereocenters. The Morgan fingerprint density at radius 2 is 1.65 bits per heavy atom. The molecule has 3 nitrogen and oxygen atoms in total. The van der Waals surface area contributed by atoms with E-state index >= 15 is 0 Å². The lowest BCUT2D eigenvalue weighted by atomic mass is 9.86. The molecular weight excluding hydrogens is 353 g/mol. The number of nitrogens with one attached hydrogen (secondary N) is 1. The Kier molecular flexibility index (Phi) is 5.39. The van der Waals surface area contributed by atoms with Crippen LogP contribution in [-0.2, 0) is 0 Å². The second-order valence-corrected chi connectivity index (χ2v) is 6.27. The Labute approximate surface area is 150 Å². The van der Waals surface area contributed by atoms with E-state index in [-0.39, 0.29) is 0 Å². The number of hydrogen-bond donors (Lipinski definition) is 1. The van der Waals surface area contributed by atoms with Crippen molar-refractivity contribution in [2.75, 3.05) is 0 Å².